The van der Waals surface area contributed by atoms with E-state index in [0.29, 0.717) is 6.54 Å². The summed E-state index contributed by atoms with van der Waals surface area (Å²) >= 11 is 0. The van der Waals surface area contributed by atoms with Gasteiger partial charge in [-0.05, 0) is 19.0 Å². The second-order valence-corrected chi connectivity index (χ2v) is 8.06. The fraction of sp³-hybridized carbons (Fsp3) is 0.720. The van der Waals surface area contributed by atoms with Crippen molar-refractivity contribution < 1.29 is 19.4 Å². The Morgan fingerprint density at radius 1 is 0.968 bits per heavy atom. The first kappa shape index (κ1) is 27.2. The highest BCUT2D eigenvalue weighted by atomic mass is 16.6. The summed E-state index contributed by atoms with van der Waals surface area (Å²) in [6.07, 6.45) is 12.7. The molecule has 1 amide bonds. The lowest BCUT2D eigenvalue weighted by molar-refractivity contribution is 0.118. The van der Waals surface area contributed by atoms with Gasteiger partial charge in [0.2, 0.25) is 0 Å². The average Bonchev–Trinajstić information content (AvgIpc) is 2.79. The van der Waals surface area contributed by atoms with Gasteiger partial charge in [0.15, 0.2) is 0 Å². The van der Waals surface area contributed by atoms with Crippen molar-refractivity contribution in [2.75, 3.05) is 40.0 Å². The molecule has 0 bridgehead atoms. The van der Waals surface area contributed by atoms with E-state index in [0.717, 1.165) is 37.4 Å². The molecule has 31 heavy (non-hydrogen) atoms. The third kappa shape index (κ3) is 14.0. The molecule has 0 fully saturated rings. The summed E-state index contributed by atoms with van der Waals surface area (Å²) in [6.45, 7) is 5.15. The van der Waals surface area contributed by atoms with Crippen LogP contribution < -0.4 is 10.1 Å². The molecule has 0 radical (unpaired) electrons. The first-order valence-corrected chi connectivity index (χ1v) is 12.1. The largest absolute Gasteiger partial charge is 0.496 e. The van der Waals surface area contributed by atoms with Gasteiger partial charge in [0.1, 0.15) is 12.4 Å². The summed E-state index contributed by atoms with van der Waals surface area (Å²) in [6, 6.07) is 8.08. The van der Waals surface area contributed by atoms with Crippen LogP contribution in [0.3, 0.4) is 0 Å². The van der Waals surface area contributed by atoms with Crippen molar-refractivity contribution in [1.82, 2.24) is 10.2 Å². The number of carbonyl (C=O) groups excluding carboxylic acids is 1. The van der Waals surface area contributed by atoms with Crippen LogP contribution in [0.2, 0.25) is 0 Å². The van der Waals surface area contributed by atoms with E-state index in [4.69, 9.17) is 14.6 Å². The molecule has 0 saturated heterocycles. The molecule has 178 valence electrons. The number of benzene rings is 1. The first-order chi connectivity index (χ1) is 15.2. The Morgan fingerprint density at radius 3 is 2.26 bits per heavy atom. The molecule has 6 heteroatoms. The Bertz CT molecular complexity index is 568. The molecular formula is C25H44N2O4. The van der Waals surface area contributed by atoms with Gasteiger partial charge in [-0.1, -0.05) is 82.9 Å². The number of rotatable bonds is 19. The van der Waals surface area contributed by atoms with Crippen molar-refractivity contribution >= 4 is 6.09 Å². The molecule has 0 aliphatic heterocycles. The van der Waals surface area contributed by atoms with Crippen LogP contribution in [0, 0.1) is 0 Å². The molecule has 0 aliphatic rings. The predicted molar refractivity (Wildman–Crippen MR) is 127 cm³/mol. The Kier molecular flexibility index (Phi) is 16.6. The minimum atomic E-state index is -0.481. The van der Waals surface area contributed by atoms with Crippen molar-refractivity contribution in [3.8, 4) is 5.75 Å². The van der Waals surface area contributed by atoms with E-state index in [9.17, 15) is 4.79 Å². The fourth-order valence-electron chi connectivity index (χ4n) is 3.67. The number of aliphatic hydroxyl groups is 1. The van der Waals surface area contributed by atoms with Gasteiger partial charge >= 0.3 is 6.09 Å². The van der Waals surface area contributed by atoms with Gasteiger partial charge in [0, 0.05) is 25.2 Å². The summed E-state index contributed by atoms with van der Waals surface area (Å²) in [5.41, 5.74) is 1.15. The van der Waals surface area contributed by atoms with Crippen LogP contribution in [-0.2, 0) is 11.3 Å². The van der Waals surface area contributed by atoms with Crippen LogP contribution in [-0.4, -0.2) is 56.1 Å². The molecule has 2 N–H and O–H groups in total. The lowest BCUT2D eigenvalue weighted by atomic mass is 10.1. The standard InChI is InChI=1S/C25H44N2O4/c1-3-4-5-6-7-8-9-10-11-14-18-27(19-17-26-25(29)31-21-20-28)22-23-15-12-13-16-24(23)30-2/h12-13,15-16,28H,3-11,14,17-22H2,1-2H3,(H,26,29). The maximum Gasteiger partial charge on any atom is 0.407 e. The third-order valence-electron chi connectivity index (χ3n) is 5.44. The number of aliphatic hydroxyl groups excluding tert-OH is 1. The zero-order valence-corrected chi connectivity index (χ0v) is 19.7. The van der Waals surface area contributed by atoms with Gasteiger partial charge in [0.05, 0.1) is 13.7 Å². The van der Waals surface area contributed by atoms with E-state index in [2.05, 4.69) is 23.2 Å². The Labute approximate surface area is 189 Å². The van der Waals surface area contributed by atoms with E-state index in [1.807, 2.05) is 18.2 Å². The first-order valence-electron chi connectivity index (χ1n) is 12.1. The Balaban J connectivity index is 2.36. The Hall–Kier alpha value is -1.79. The minimum absolute atomic E-state index is 0.0232. The number of amides is 1. The molecule has 6 nitrogen and oxygen atoms in total. The number of para-hydroxylation sites is 1. The topological polar surface area (TPSA) is 71.0 Å². The number of hydrogen-bond donors (Lipinski definition) is 2. The highest BCUT2D eigenvalue weighted by molar-refractivity contribution is 5.67. The van der Waals surface area contributed by atoms with E-state index < -0.39 is 6.09 Å². The normalized spacial score (nSPS) is 11.0. The lowest BCUT2D eigenvalue weighted by Crippen LogP contribution is -2.35. The van der Waals surface area contributed by atoms with Gasteiger partial charge in [-0.15, -0.1) is 0 Å². The number of alkyl carbamates (subject to hydrolysis) is 1. The van der Waals surface area contributed by atoms with Crippen molar-refractivity contribution in [2.45, 2.75) is 77.7 Å². The third-order valence-corrected chi connectivity index (χ3v) is 5.44. The minimum Gasteiger partial charge on any atom is -0.496 e. The summed E-state index contributed by atoms with van der Waals surface area (Å²) in [5, 5.41) is 11.5. The van der Waals surface area contributed by atoms with Crippen LogP contribution in [0.25, 0.3) is 0 Å². The van der Waals surface area contributed by atoms with Crippen LogP contribution in [0.1, 0.15) is 76.7 Å². The Morgan fingerprint density at radius 2 is 1.61 bits per heavy atom. The molecule has 1 rings (SSSR count). The maximum atomic E-state index is 11.6. The molecule has 0 saturated carbocycles. The SMILES string of the molecule is CCCCCCCCCCCCN(CCNC(=O)OCCO)Cc1ccccc1OC. The summed E-state index contributed by atoms with van der Waals surface area (Å²) in [4.78, 5) is 14.0. The van der Waals surface area contributed by atoms with Crippen LogP contribution in [0.4, 0.5) is 4.79 Å². The quantitative estimate of drug-likeness (QED) is 0.294. The number of nitrogens with one attached hydrogen (secondary N) is 1. The fourth-order valence-corrected chi connectivity index (χ4v) is 3.67. The van der Waals surface area contributed by atoms with Crippen molar-refractivity contribution in [1.29, 1.82) is 0 Å². The van der Waals surface area contributed by atoms with Crippen LogP contribution >= 0.6 is 0 Å². The van der Waals surface area contributed by atoms with Gasteiger partial charge in [-0.3, -0.25) is 4.90 Å². The molecule has 0 aliphatic carbocycles. The number of methoxy groups -OCH3 is 1. The zero-order chi connectivity index (χ0) is 22.6. The number of carbonyl (C=O) groups is 1. The highest BCUT2D eigenvalue weighted by Gasteiger charge is 2.10. The molecule has 1 aromatic carbocycles. The van der Waals surface area contributed by atoms with E-state index in [-0.39, 0.29) is 13.2 Å². The highest BCUT2D eigenvalue weighted by Crippen LogP contribution is 2.19. The number of unbranched alkanes of at least 4 members (excludes halogenated alkanes) is 9. The van der Waals surface area contributed by atoms with Gasteiger partial charge in [-0.2, -0.15) is 0 Å². The maximum absolute atomic E-state index is 11.6. The zero-order valence-electron chi connectivity index (χ0n) is 19.7. The van der Waals surface area contributed by atoms with E-state index in [1.165, 1.54) is 57.8 Å². The molecule has 0 unspecified atom stereocenters. The molecule has 0 aromatic heterocycles. The monoisotopic (exact) mass is 436 g/mol. The number of ether oxygens (including phenoxy) is 2. The van der Waals surface area contributed by atoms with Crippen molar-refractivity contribution in [2.24, 2.45) is 0 Å². The van der Waals surface area contributed by atoms with Gasteiger partial charge in [-0.25, -0.2) is 4.79 Å². The second kappa shape index (κ2) is 18.9. The van der Waals surface area contributed by atoms with Gasteiger partial charge in [0.25, 0.3) is 0 Å². The molecule has 1 aromatic rings. The molecule has 0 spiro atoms. The second-order valence-electron chi connectivity index (χ2n) is 8.06. The number of nitrogens with zero attached hydrogens (tertiary/aromatic N) is 1. The molecule has 0 atom stereocenters. The molecule has 0 heterocycles. The van der Waals surface area contributed by atoms with E-state index >= 15 is 0 Å². The van der Waals surface area contributed by atoms with Gasteiger partial charge < -0.3 is 19.9 Å². The van der Waals surface area contributed by atoms with Crippen LogP contribution in [0.15, 0.2) is 24.3 Å². The number of hydrogen-bond acceptors (Lipinski definition) is 5. The summed E-state index contributed by atoms with van der Waals surface area (Å²) in [5.74, 6) is 0.894. The average molecular weight is 437 g/mol. The summed E-state index contributed by atoms with van der Waals surface area (Å²) in [7, 11) is 1.70. The van der Waals surface area contributed by atoms with Crippen molar-refractivity contribution in [3.05, 3.63) is 29.8 Å². The summed E-state index contributed by atoms with van der Waals surface area (Å²) < 4.78 is 10.4. The van der Waals surface area contributed by atoms with Crippen molar-refractivity contribution in [3.63, 3.8) is 0 Å². The lowest BCUT2D eigenvalue weighted by Gasteiger charge is -2.23. The molecular weight excluding hydrogens is 392 g/mol. The smallest absolute Gasteiger partial charge is 0.407 e. The predicted octanol–water partition coefficient (Wildman–Crippen LogP) is 5.14. The van der Waals surface area contributed by atoms with Crippen LogP contribution in [0.5, 0.6) is 5.75 Å². The van der Waals surface area contributed by atoms with E-state index in [1.54, 1.807) is 7.11 Å².